The summed E-state index contributed by atoms with van der Waals surface area (Å²) in [4.78, 5) is 72.7. The number of amides is 5. The Morgan fingerprint density at radius 2 is 1.10 bits per heavy atom. The van der Waals surface area contributed by atoms with E-state index in [2.05, 4.69) is 5.32 Å². The highest BCUT2D eigenvalue weighted by Gasteiger charge is 2.31. The lowest BCUT2D eigenvalue weighted by Crippen LogP contribution is -2.51. The Labute approximate surface area is 178 Å². The zero-order valence-corrected chi connectivity index (χ0v) is 17.6. The number of aliphatic carboxylic acids is 1. The van der Waals surface area contributed by atoms with Crippen LogP contribution in [0.15, 0.2) is 0 Å². The standard InChI is InChI=1S/C18H29N3O10/c1-10(22)4-13(25)19-7-16(28)20(14(26)5-11(2)23)8-17(29)21(9-18(30)31)15(27)6-12(3)24/h10-12,22-24H,4-9H2,1-3H3,(H,19,25)(H,30,31). The number of nitrogens with one attached hydrogen (secondary N) is 1. The molecule has 176 valence electrons. The second-order valence-corrected chi connectivity index (χ2v) is 7.08. The van der Waals surface area contributed by atoms with E-state index in [1.54, 1.807) is 0 Å². The van der Waals surface area contributed by atoms with Crippen molar-refractivity contribution in [1.29, 1.82) is 0 Å². The van der Waals surface area contributed by atoms with Gasteiger partial charge in [0.2, 0.25) is 29.5 Å². The molecule has 31 heavy (non-hydrogen) atoms. The summed E-state index contributed by atoms with van der Waals surface area (Å²) in [6, 6.07) is 0. The normalized spacial score (nSPS) is 13.5. The predicted molar refractivity (Wildman–Crippen MR) is 103 cm³/mol. The maximum atomic E-state index is 12.5. The maximum absolute atomic E-state index is 12.5. The molecule has 3 atom stereocenters. The lowest BCUT2D eigenvalue weighted by Gasteiger charge is -2.25. The van der Waals surface area contributed by atoms with Crippen molar-refractivity contribution in [3.63, 3.8) is 0 Å². The van der Waals surface area contributed by atoms with Gasteiger partial charge < -0.3 is 25.7 Å². The summed E-state index contributed by atoms with van der Waals surface area (Å²) >= 11 is 0. The molecule has 0 aromatic heterocycles. The van der Waals surface area contributed by atoms with E-state index >= 15 is 0 Å². The molecule has 0 spiro atoms. The highest BCUT2D eigenvalue weighted by molar-refractivity contribution is 6.04. The van der Waals surface area contributed by atoms with Gasteiger partial charge in [-0.05, 0) is 20.8 Å². The predicted octanol–water partition coefficient (Wildman–Crippen LogP) is -2.79. The van der Waals surface area contributed by atoms with E-state index in [1.807, 2.05) is 0 Å². The lowest BCUT2D eigenvalue weighted by atomic mass is 10.2. The molecule has 5 amide bonds. The summed E-state index contributed by atoms with van der Waals surface area (Å²) in [6.45, 7) is 1.07. The number of carboxylic acid groups (broad SMARTS) is 1. The summed E-state index contributed by atoms with van der Waals surface area (Å²) in [5, 5.41) is 39.0. The minimum absolute atomic E-state index is 0.289. The molecule has 0 rings (SSSR count). The molecule has 0 aromatic carbocycles. The molecule has 0 aliphatic rings. The number of aliphatic hydroxyl groups excluding tert-OH is 3. The van der Waals surface area contributed by atoms with Crippen LogP contribution in [0.3, 0.4) is 0 Å². The van der Waals surface area contributed by atoms with Gasteiger partial charge in [-0.25, -0.2) is 0 Å². The summed E-state index contributed by atoms with van der Waals surface area (Å²) in [5.41, 5.74) is 0. The van der Waals surface area contributed by atoms with E-state index in [-0.39, 0.29) is 11.3 Å². The minimum Gasteiger partial charge on any atom is -0.480 e. The van der Waals surface area contributed by atoms with Crippen LogP contribution in [0.25, 0.3) is 0 Å². The highest BCUT2D eigenvalue weighted by Crippen LogP contribution is 2.05. The molecule has 0 aromatic rings. The van der Waals surface area contributed by atoms with Gasteiger partial charge in [-0.3, -0.25) is 38.6 Å². The van der Waals surface area contributed by atoms with E-state index in [1.165, 1.54) is 20.8 Å². The number of hydrogen-bond donors (Lipinski definition) is 5. The molecule has 0 saturated carbocycles. The quantitative estimate of drug-likeness (QED) is 0.208. The van der Waals surface area contributed by atoms with Gasteiger partial charge in [0.1, 0.15) is 13.1 Å². The summed E-state index contributed by atoms with van der Waals surface area (Å²) in [7, 11) is 0. The number of rotatable bonds is 12. The van der Waals surface area contributed by atoms with Gasteiger partial charge in [-0.15, -0.1) is 0 Å². The molecule has 0 fully saturated rings. The van der Waals surface area contributed by atoms with Crippen LogP contribution >= 0.6 is 0 Å². The van der Waals surface area contributed by atoms with Gasteiger partial charge in [-0.1, -0.05) is 0 Å². The van der Waals surface area contributed by atoms with Gasteiger partial charge in [0.05, 0.1) is 44.1 Å². The molecule has 3 unspecified atom stereocenters. The first kappa shape index (κ1) is 28.1. The zero-order chi connectivity index (χ0) is 24.3. The Morgan fingerprint density at radius 1 is 0.677 bits per heavy atom. The van der Waals surface area contributed by atoms with Crippen LogP contribution in [0.1, 0.15) is 40.0 Å². The van der Waals surface area contributed by atoms with Gasteiger partial charge in [-0.2, -0.15) is 0 Å². The fraction of sp³-hybridized carbons (Fsp3) is 0.667. The maximum Gasteiger partial charge on any atom is 0.323 e. The van der Waals surface area contributed by atoms with Crippen molar-refractivity contribution < 1.29 is 49.2 Å². The Bertz CT molecular complexity index is 690. The Morgan fingerprint density at radius 3 is 1.48 bits per heavy atom. The van der Waals surface area contributed by atoms with E-state index in [0.29, 0.717) is 4.90 Å². The summed E-state index contributed by atoms with van der Waals surface area (Å²) in [5.74, 6) is -6.49. The van der Waals surface area contributed by atoms with Gasteiger partial charge >= 0.3 is 5.97 Å². The third-order valence-corrected chi connectivity index (χ3v) is 3.65. The van der Waals surface area contributed by atoms with Crippen molar-refractivity contribution in [3.05, 3.63) is 0 Å². The minimum atomic E-state index is -1.54. The van der Waals surface area contributed by atoms with Gasteiger partial charge in [0, 0.05) is 0 Å². The van der Waals surface area contributed by atoms with Crippen LogP contribution in [0.4, 0.5) is 0 Å². The van der Waals surface area contributed by atoms with Gasteiger partial charge in [0.15, 0.2) is 0 Å². The Hall–Kier alpha value is -2.90. The first-order valence-electron chi connectivity index (χ1n) is 9.43. The van der Waals surface area contributed by atoms with Crippen molar-refractivity contribution in [3.8, 4) is 0 Å². The number of aliphatic hydroxyl groups is 3. The van der Waals surface area contributed by atoms with Crippen molar-refractivity contribution >= 4 is 35.5 Å². The van der Waals surface area contributed by atoms with E-state index in [9.17, 15) is 39.0 Å². The first-order chi connectivity index (χ1) is 14.2. The van der Waals surface area contributed by atoms with Crippen LogP contribution in [-0.2, 0) is 28.8 Å². The summed E-state index contributed by atoms with van der Waals surface area (Å²) < 4.78 is 0. The molecule has 0 aliphatic carbocycles. The molecule has 0 bridgehead atoms. The topological polar surface area (TPSA) is 202 Å². The average molecular weight is 447 g/mol. The van der Waals surface area contributed by atoms with Crippen LogP contribution < -0.4 is 5.32 Å². The number of hydrogen-bond acceptors (Lipinski definition) is 9. The van der Waals surface area contributed by atoms with Crippen LogP contribution in [0, 0.1) is 0 Å². The van der Waals surface area contributed by atoms with E-state index in [4.69, 9.17) is 10.2 Å². The molecular weight excluding hydrogens is 418 g/mol. The smallest absolute Gasteiger partial charge is 0.323 e. The first-order valence-corrected chi connectivity index (χ1v) is 9.43. The third-order valence-electron chi connectivity index (χ3n) is 3.65. The molecule has 0 heterocycles. The number of imide groups is 2. The number of carbonyl (C=O) groups is 6. The van der Waals surface area contributed by atoms with Crippen LogP contribution in [0.5, 0.6) is 0 Å². The third kappa shape index (κ3) is 11.8. The van der Waals surface area contributed by atoms with Gasteiger partial charge in [0.25, 0.3) is 0 Å². The van der Waals surface area contributed by atoms with E-state index in [0.717, 1.165) is 0 Å². The van der Waals surface area contributed by atoms with Crippen molar-refractivity contribution in [1.82, 2.24) is 15.1 Å². The molecular formula is C18H29N3O10. The molecule has 0 radical (unpaired) electrons. The lowest BCUT2D eigenvalue weighted by molar-refractivity contribution is -0.157. The second kappa shape index (κ2) is 13.4. The van der Waals surface area contributed by atoms with Crippen molar-refractivity contribution in [2.45, 2.75) is 58.3 Å². The van der Waals surface area contributed by atoms with Crippen molar-refractivity contribution in [2.24, 2.45) is 0 Å². The van der Waals surface area contributed by atoms with Crippen LogP contribution in [-0.4, -0.2) is 104 Å². The largest absolute Gasteiger partial charge is 0.480 e. The number of carbonyl (C=O) groups excluding carboxylic acids is 5. The molecule has 0 saturated heterocycles. The molecule has 13 heteroatoms. The Kier molecular flexibility index (Phi) is 12.2. The Balaban J connectivity index is 5.50. The van der Waals surface area contributed by atoms with Crippen molar-refractivity contribution in [2.75, 3.05) is 19.6 Å². The number of carboxylic acids is 1. The molecule has 0 aliphatic heterocycles. The monoisotopic (exact) mass is 447 g/mol. The fourth-order valence-electron chi connectivity index (χ4n) is 2.32. The SMILES string of the molecule is CC(O)CC(=O)NCC(=O)N(CC(=O)N(CC(=O)O)C(=O)CC(C)O)C(=O)CC(C)O. The highest BCUT2D eigenvalue weighted by atomic mass is 16.4. The fourth-order valence-corrected chi connectivity index (χ4v) is 2.32. The average Bonchev–Trinajstić information content (AvgIpc) is 2.59. The molecule has 5 N–H and O–H groups in total. The van der Waals surface area contributed by atoms with Crippen LogP contribution in [0.2, 0.25) is 0 Å². The number of nitrogens with zero attached hydrogens (tertiary/aromatic N) is 2. The summed E-state index contributed by atoms with van der Waals surface area (Å²) in [6.07, 6.45) is -4.75. The van der Waals surface area contributed by atoms with E-state index < -0.39 is 86.3 Å². The molecule has 13 nitrogen and oxygen atoms in total. The zero-order valence-electron chi connectivity index (χ0n) is 17.6. The second-order valence-electron chi connectivity index (χ2n) is 7.08.